The van der Waals surface area contributed by atoms with Crippen LogP contribution in [0.5, 0.6) is 11.5 Å². The number of thioether (sulfide) groups is 1. The van der Waals surface area contributed by atoms with Crippen LogP contribution in [0.15, 0.2) is 65.6 Å². The second-order valence-corrected chi connectivity index (χ2v) is 9.54. The summed E-state index contributed by atoms with van der Waals surface area (Å²) in [4.78, 5) is 38.6. The van der Waals surface area contributed by atoms with Crippen LogP contribution in [0.2, 0.25) is 5.02 Å². The third kappa shape index (κ3) is 6.49. The van der Waals surface area contributed by atoms with Crippen LogP contribution in [0, 0.1) is 12.7 Å². The smallest absolute Gasteiger partial charge is 0.294 e. The molecule has 0 aliphatic carbocycles. The molecule has 3 aromatic carbocycles. The zero-order valence-electron chi connectivity index (χ0n) is 19.9. The number of imide groups is 1. The fourth-order valence-corrected chi connectivity index (χ4v) is 4.70. The van der Waals surface area contributed by atoms with Gasteiger partial charge in [-0.3, -0.25) is 19.3 Å². The molecule has 1 aliphatic heterocycles. The lowest BCUT2D eigenvalue weighted by Crippen LogP contribution is -2.36. The Labute approximate surface area is 222 Å². The van der Waals surface area contributed by atoms with E-state index in [1.54, 1.807) is 12.1 Å². The van der Waals surface area contributed by atoms with Gasteiger partial charge in [0.1, 0.15) is 19.0 Å². The van der Waals surface area contributed by atoms with Crippen molar-refractivity contribution in [1.82, 2.24) is 4.90 Å². The Kier molecular flexibility index (Phi) is 8.15. The monoisotopic (exact) mass is 540 g/mol. The fourth-order valence-electron chi connectivity index (χ4n) is 3.59. The van der Waals surface area contributed by atoms with E-state index in [-0.39, 0.29) is 16.5 Å². The highest BCUT2D eigenvalue weighted by atomic mass is 35.5. The van der Waals surface area contributed by atoms with Crippen molar-refractivity contribution >= 4 is 52.2 Å². The molecule has 0 unspecified atom stereocenters. The summed E-state index contributed by atoms with van der Waals surface area (Å²) >= 11 is 7.18. The lowest BCUT2D eigenvalue weighted by Gasteiger charge is -2.14. The van der Waals surface area contributed by atoms with Crippen LogP contribution in [0.4, 0.5) is 14.9 Å². The van der Waals surface area contributed by atoms with E-state index in [2.05, 4.69) is 5.32 Å². The number of rotatable bonds is 8. The summed E-state index contributed by atoms with van der Waals surface area (Å²) in [6.45, 7) is 1.80. The molecular formula is C27H22ClFN2O5S. The molecule has 37 heavy (non-hydrogen) atoms. The number of methoxy groups -OCH3 is 1. The maximum Gasteiger partial charge on any atom is 0.294 e. The summed E-state index contributed by atoms with van der Waals surface area (Å²) in [7, 11) is 1.47. The molecular weight excluding hydrogens is 519 g/mol. The van der Waals surface area contributed by atoms with E-state index in [0.717, 1.165) is 16.0 Å². The standard InChI is InChI=1S/C27H22ClFN2O5S/c1-16-4-3-5-17(10-16)15-36-25-21(28)11-18(12-22(25)35-2)13-23-26(33)31(27(34)37-23)14-24(32)30-20-8-6-19(29)7-9-20/h3-13H,14-15H2,1-2H3,(H,30,32)/b23-13-. The van der Waals surface area contributed by atoms with Gasteiger partial charge in [0.2, 0.25) is 5.91 Å². The molecule has 1 aliphatic rings. The van der Waals surface area contributed by atoms with Gasteiger partial charge in [-0.15, -0.1) is 0 Å². The van der Waals surface area contributed by atoms with E-state index < -0.39 is 29.4 Å². The Morgan fingerprint density at radius 2 is 1.89 bits per heavy atom. The van der Waals surface area contributed by atoms with Gasteiger partial charge in [0, 0.05) is 5.69 Å². The van der Waals surface area contributed by atoms with Crippen LogP contribution in [-0.2, 0) is 16.2 Å². The van der Waals surface area contributed by atoms with Crippen LogP contribution in [0.3, 0.4) is 0 Å². The average molecular weight is 541 g/mol. The van der Waals surface area contributed by atoms with Crippen molar-refractivity contribution in [2.75, 3.05) is 19.0 Å². The average Bonchev–Trinajstić information content (AvgIpc) is 3.11. The number of carbonyl (C=O) groups is 3. The summed E-state index contributed by atoms with van der Waals surface area (Å²) < 4.78 is 24.4. The Bertz CT molecular complexity index is 1390. The lowest BCUT2D eigenvalue weighted by molar-refractivity contribution is -0.127. The van der Waals surface area contributed by atoms with Gasteiger partial charge in [0.05, 0.1) is 17.0 Å². The van der Waals surface area contributed by atoms with Crippen molar-refractivity contribution in [3.63, 3.8) is 0 Å². The minimum Gasteiger partial charge on any atom is -0.493 e. The first kappa shape index (κ1) is 26.2. The third-order valence-electron chi connectivity index (χ3n) is 5.32. The van der Waals surface area contributed by atoms with Crippen molar-refractivity contribution in [3.8, 4) is 11.5 Å². The molecule has 1 fully saturated rings. The van der Waals surface area contributed by atoms with Crippen molar-refractivity contribution in [1.29, 1.82) is 0 Å². The molecule has 10 heteroatoms. The number of ether oxygens (including phenoxy) is 2. The molecule has 4 rings (SSSR count). The predicted octanol–water partition coefficient (Wildman–Crippen LogP) is 6.05. The molecule has 3 amide bonds. The highest BCUT2D eigenvalue weighted by molar-refractivity contribution is 8.18. The summed E-state index contributed by atoms with van der Waals surface area (Å²) in [5.41, 5.74) is 2.95. The maximum atomic E-state index is 13.1. The van der Waals surface area contributed by atoms with Crippen molar-refractivity contribution < 1.29 is 28.2 Å². The van der Waals surface area contributed by atoms with Crippen molar-refractivity contribution in [2.24, 2.45) is 0 Å². The molecule has 190 valence electrons. The molecule has 0 bridgehead atoms. The number of hydrogen-bond donors (Lipinski definition) is 1. The van der Waals surface area contributed by atoms with Gasteiger partial charge in [0.15, 0.2) is 11.5 Å². The number of benzene rings is 3. The zero-order chi connectivity index (χ0) is 26.5. The van der Waals surface area contributed by atoms with Gasteiger partial charge in [0.25, 0.3) is 11.1 Å². The molecule has 0 saturated carbocycles. The van der Waals surface area contributed by atoms with Crippen LogP contribution >= 0.6 is 23.4 Å². The van der Waals surface area contributed by atoms with Crippen LogP contribution in [-0.4, -0.2) is 35.6 Å². The SMILES string of the molecule is COc1cc(/C=C2\SC(=O)N(CC(=O)Nc3ccc(F)cc3)C2=O)cc(Cl)c1OCc1cccc(C)c1. The van der Waals surface area contributed by atoms with E-state index in [1.165, 1.54) is 37.5 Å². The van der Waals surface area contributed by atoms with E-state index in [9.17, 15) is 18.8 Å². The third-order valence-corrected chi connectivity index (χ3v) is 6.51. The molecule has 7 nitrogen and oxygen atoms in total. The number of carbonyl (C=O) groups excluding carboxylic acids is 3. The van der Waals surface area contributed by atoms with Gasteiger partial charge in [-0.2, -0.15) is 0 Å². The minimum atomic E-state index is -0.612. The van der Waals surface area contributed by atoms with Crippen molar-refractivity contribution in [2.45, 2.75) is 13.5 Å². The van der Waals surface area contributed by atoms with E-state index in [1.807, 2.05) is 31.2 Å². The second kappa shape index (κ2) is 11.5. The highest BCUT2D eigenvalue weighted by Gasteiger charge is 2.36. The molecule has 0 aromatic heterocycles. The first-order valence-corrected chi connectivity index (χ1v) is 12.3. The fraction of sp³-hybridized carbons (Fsp3) is 0.148. The Hall–Kier alpha value is -3.82. The normalized spacial score (nSPS) is 14.3. The molecule has 3 aromatic rings. The quantitative estimate of drug-likeness (QED) is 0.350. The van der Waals surface area contributed by atoms with Crippen LogP contribution in [0.25, 0.3) is 6.08 Å². The number of aryl methyl sites for hydroxylation is 1. The van der Waals surface area contributed by atoms with Crippen LogP contribution in [0.1, 0.15) is 16.7 Å². The molecule has 1 saturated heterocycles. The van der Waals surface area contributed by atoms with Gasteiger partial charge in [-0.05, 0) is 72.3 Å². The number of halogens is 2. The van der Waals surface area contributed by atoms with Gasteiger partial charge in [-0.1, -0.05) is 41.4 Å². The number of hydrogen-bond acceptors (Lipinski definition) is 6. The van der Waals surface area contributed by atoms with Gasteiger partial charge in [-0.25, -0.2) is 4.39 Å². The maximum absolute atomic E-state index is 13.1. The second-order valence-electron chi connectivity index (χ2n) is 8.13. The minimum absolute atomic E-state index is 0.131. The summed E-state index contributed by atoms with van der Waals surface area (Å²) in [6.07, 6.45) is 1.50. The predicted molar refractivity (Wildman–Crippen MR) is 141 cm³/mol. The van der Waals surface area contributed by atoms with Gasteiger partial charge >= 0.3 is 0 Å². The summed E-state index contributed by atoms with van der Waals surface area (Å²) in [5.74, 6) is -0.927. The van der Waals surface area contributed by atoms with E-state index in [0.29, 0.717) is 34.5 Å². The molecule has 0 atom stereocenters. The summed E-state index contributed by atoms with van der Waals surface area (Å²) in [5, 5.41) is 2.22. The number of nitrogens with zero attached hydrogens (tertiary/aromatic N) is 1. The topological polar surface area (TPSA) is 84.9 Å². The Morgan fingerprint density at radius 3 is 2.59 bits per heavy atom. The molecule has 0 spiro atoms. The summed E-state index contributed by atoms with van der Waals surface area (Å²) in [6, 6.07) is 16.3. The molecule has 1 heterocycles. The lowest BCUT2D eigenvalue weighted by atomic mass is 10.1. The first-order chi connectivity index (χ1) is 17.7. The number of anilines is 1. The van der Waals surface area contributed by atoms with E-state index >= 15 is 0 Å². The zero-order valence-corrected chi connectivity index (χ0v) is 21.5. The Morgan fingerprint density at radius 1 is 1.14 bits per heavy atom. The molecule has 0 radical (unpaired) electrons. The van der Waals surface area contributed by atoms with Gasteiger partial charge < -0.3 is 14.8 Å². The largest absolute Gasteiger partial charge is 0.493 e. The Balaban J connectivity index is 1.46. The number of nitrogens with one attached hydrogen (secondary N) is 1. The molecule has 1 N–H and O–H groups in total. The van der Waals surface area contributed by atoms with Crippen molar-refractivity contribution in [3.05, 3.63) is 93.1 Å². The van der Waals surface area contributed by atoms with E-state index in [4.69, 9.17) is 21.1 Å². The first-order valence-electron chi connectivity index (χ1n) is 11.1. The highest BCUT2D eigenvalue weighted by Crippen LogP contribution is 2.39. The van der Waals surface area contributed by atoms with Crippen LogP contribution < -0.4 is 14.8 Å². The number of amides is 3.